The van der Waals surface area contributed by atoms with E-state index in [-0.39, 0.29) is 24.7 Å². The zero-order chi connectivity index (χ0) is 22.4. The van der Waals surface area contributed by atoms with E-state index < -0.39 is 32.3 Å². The highest BCUT2D eigenvalue weighted by molar-refractivity contribution is 7.91. The van der Waals surface area contributed by atoms with Crippen molar-refractivity contribution < 1.29 is 22.3 Å². The Hall–Kier alpha value is -1.84. The third-order valence-electron chi connectivity index (χ3n) is 5.42. The summed E-state index contributed by atoms with van der Waals surface area (Å²) in [5.41, 5.74) is -0.835. The summed E-state index contributed by atoms with van der Waals surface area (Å²) < 4.78 is 52.7. The van der Waals surface area contributed by atoms with E-state index in [2.05, 4.69) is 0 Å². The van der Waals surface area contributed by atoms with Crippen LogP contribution in [0.5, 0.6) is 0 Å². The maximum absolute atomic E-state index is 13.8. The summed E-state index contributed by atoms with van der Waals surface area (Å²) in [6.07, 6.45) is 0.969. The second-order valence-corrected chi connectivity index (χ2v) is 11.4. The Labute approximate surface area is 188 Å². The number of β-amino-alcohol motifs (C(OH)–C–C–N with tert-alkyl or cyclic N) is 1. The molecule has 31 heavy (non-hydrogen) atoms. The minimum atomic E-state index is -3.87. The second-order valence-electron chi connectivity index (χ2n) is 7.89. The average molecular weight is 484 g/mol. The van der Waals surface area contributed by atoms with Crippen molar-refractivity contribution in [1.29, 1.82) is 0 Å². The molecule has 1 fully saturated rings. The third-order valence-corrected chi connectivity index (χ3v) is 8.17. The van der Waals surface area contributed by atoms with Gasteiger partial charge in [0.1, 0.15) is 22.5 Å². The van der Waals surface area contributed by atoms with E-state index in [4.69, 9.17) is 11.6 Å². The van der Waals surface area contributed by atoms with Crippen molar-refractivity contribution >= 4 is 32.8 Å². The number of halogens is 3. The Morgan fingerprint density at radius 3 is 2.19 bits per heavy atom. The maximum atomic E-state index is 13.8. The van der Waals surface area contributed by atoms with E-state index in [1.807, 2.05) is 34.5 Å². The molecule has 4 rings (SSSR count). The average Bonchev–Trinajstić information content (AvgIpc) is 3.14. The van der Waals surface area contributed by atoms with Crippen LogP contribution in [0.2, 0.25) is 5.02 Å². The standard InChI is InChI=1S/C22H20ClF2NO3S2/c1-31(28,29)21(15-9-17(24)11-18(25)10-15)22(27)12-26(13-22)20(19-3-2-8-30-19)14-4-6-16(23)7-5-14/h2-11,20-21,27H,12-13H2,1H3/t20-,21+/m1/s1. The molecule has 1 aliphatic heterocycles. The molecule has 164 valence electrons. The molecule has 4 nitrogen and oxygen atoms in total. The van der Waals surface area contributed by atoms with Crippen LogP contribution in [-0.4, -0.2) is 43.4 Å². The lowest BCUT2D eigenvalue weighted by Crippen LogP contribution is -2.66. The summed E-state index contributed by atoms with van der Waals surface area (Å²) in [5.74, 6) is -1.78. The Bertz CT molecular complexity index is 1160. The number of sulfone groups is 1. The lowest BCUT2D eigenvalue weighted by molar-refractivity contribution is -0.112. The quantitative estimate of drug-likeness (QED) is 0.556. The molecule has 0 bridgehead atoms. The van der Waals surface area contributed by atoms with Crippen LogP contribution >= 0.6 is 22.9 Å². The lowest BCUT2D eigenvalue weighted by Gasteiger charge is -2.52. The Balaban J connectivity index is 1.68. The molecule has 0 radical (unpaired) electrons. The lowest BCUT2D eigenvalue weighted by atomic mass is 9.84. The van der Waals surface area contributed by atoms with E-state index >= 15 is 0 Å². The minimum absolute atomic E-state index is 0.0219. The van der Waals surface area contributed by atoms with Crippen LogP contribution in [0.1, 0.15) is 27.3 Å². The predicted octanol–water partition coefficient (Wildman–Crippen LogP) is 4.60. The summed E-state index contributed by atoms with van der Waals surface area (Å²) in [6, 6.07) is 13.6. The van der Waals surface area contributed by atoms with Crippen molar-refractivity contribution in [2.24, 2.45) is 0 Å². The van der Waals surface area contributed by atoms with Gasteiger partial charge in [-0.1, -0.05) is 29.8 Å². The number of nitrogens with zero attached hydrogens (tertiary/aromatic N) is 1. The van der Waals surface area contributed by atoms with Crippen molar-refractivity contribution in [3.05, 3.63) is 92.6 Å². The maximum Gasteiger partial charge on any atom is 0.157 e. The van der Waals surface area contributed by atoms with Crippen LogP contribution < -0.4 is 0 Å². The van der Waals surface area contributed by atoms with Crippen molar-refractivity contribution in [3.63, 3.8) is 0 Å². The molecule has 2 aromatic carbocycles. The van der Waals surface area contributed by atoms with Crippen molar-refractivity contribution in [2.75, 3.05) is 19.3 Å². The number of thiophene rings is 1. The molecule has 3 aromatic rings. The SMILES string of the molecule is CS(=O)(=O)[C@@H](c1cc(F)cc(F)c1)C1(O)CN([C@H](c2ccc(Cl)cc2)c2cccs2)C1. The molecule has 0 aliphatic carbocycles. The first kappa shape index (κ1) is 22.4. The molecular formula is C22H20ClF2NO3S2. The monoisotopic (exact) mass is 483 g/mol. The fraction of sp³-hybridized carbons (Fsp3) is 0.273. The predicted molar refractivity (Wildman–Crippen MR) is 118 cm³/mol. The van der Waals surface area contributed by atoms with Crippen molar-refractivity contribution in [1.82, 2.24) is 4.90 Å². The van der Waals surface area contributed by atoms with Gasteiger partial charge in [0.05, 0.1) is 6.04 Å². The fourth-order valence-electron chi connectivity index (χ4n) is 4.33. The highest BCUT2D eigenvalue weighted by atomic mass is 35.5. The van der Waals surface area contributed by atoms with Gasteiger partial charge in [0.15, 0.2) is 9.84 Å². The highest BCUT2D eigenvalue weighted by Crippen LogP contribution is 2.45. The van der Waals surface area contributed by atoms with E-state index in [0.29, 0.717) is 11.1 Å². The van der Waals surface area contributed by atoms with Gasteiger partial charge < -0.3 is 5.11 Å². The summed E-state index contributed by atoms with van der Waals surface area (Å²) in [6.45, 7) is 0.0438. The Morgan fingerprint density at radius 2 is 1.68 bits per heavy atom. The molecule has 1 aliphatic rings. The van der Waals surface area contributed by atoms with Gasteiger partial charge in [0.25, 0.3) is 0 Å². The molecular weight excluding hydrogens is 464 g/mol. The molecule has 1 saturated heterocycles. The number of benzene rings is 2. The first-order valence-electron chi connectivity index (χ1n) is 9.47. The van der Waals surface area contributed by atoms with Gasteiger partial charge >= 0.3 is 0 Å². The van der Waals surface area contributed by atoms with Gasteiger partial charge in [-0.2, -0.15) is 0 Å². The Kier molecular flexibility index (Phi) is 5.95. The van der Waals surface area contributed by atoms with Gasteiger partial charge in [-0.3, -0.25) is 4.90 Å². The molecule has 1 aromatic heterocycles. The molecule has 0 spiro atoms. The molecule has 9 heteroatoms. The molecule has 0 amide bonds. The van der Waals surface area contributed by atoms with Gasteiger partial charge in [-0.15, -0.1) is 11.3 Å². The van der Waals surface area contributed by atoms with Crippen LogP contribution in [0.15, 0.2) is 60.0 Å². The number of rotatable bonds is 6. The first-order valence-corrected chi connectivity index (χ1v) is 12.7. The van der Waals surface area contributed by atoms with E-state index in [0.717, 1.165) is 28.8 Å². The topological polar surface area (TPSA) is 57.6 Å². The first-order chi connectivity index (χ1) is 14.6. The van der Waals surface area contributed by atoms with Gasteiger partial charge in [0.2, 0.25) is 0 Å². The molecule has 0 unspecified atom stereocenters. The number of likely N-dealkylation sites (tertiary alicyclic amines) is 1. The fourth-order valence-corrected chi connectivity index (χ4v) is 6.92. The second kappa shape index (κ2) is 8.26. The van der Waals surface area contributed by atoms with Crippen LogP contribution in [0.3, 0.4) is 0 Å². The van der Waals surface area contributed by atoms with E-state index in [1.54, 1.807) is 23.5 Å². The third kappa shape index (κ3) is 4.54. The Morgan fingerprint density at radius 1 is 1.06 bits per heavy atom. The van der Waals surface area contributed by atoms with Crippen LogP contribution in [0, 0.1) is 11.6 Å². The number of hydrogen-bond donors (Lipinski definition) is 1. The van der Waals surface area contributed by atoms with Crippen LogP contribution in [0.4, 0.5) is 8.78 Å². The number of aliphatic hydroxyl groups is 1. The largest absolute Gasteiger partial charge is 0.385 e. The smallest absolute Gasteiger partial charge is 0.157 e. The summed E-state index contributed by atoms with van der Waals surface area (Å²) in [7, 11) is -3.87. The van der Waals surface area contributed by atoms with Gasteiger partial charge in [-0.05, 0) is 46.8 Å². The van der Waals surface area contributed by atoms with Crippen LogP contribution in [-0.2, 0) is 9.84 Å². The molecule has 1 N–H and O–H groups in total. The van der Waals surface area contributed by atoms with Crippen LogP contribution in [0.25, 0.3) is 0 Å². The van der Waals surface area contributed by atoms with Crippen molar-refractivity contribution in [2.45, 2.75) is 16.9 Å². The van der Waals surface area contributed by atoms with E-state index in [9.17, 15) is 22.3 Å². The van der Waals surface area contributed by atoms with E-state index in [1.165, 1.54) is 0 Å². The van der Waals surface area contributed by atoms with Crippen molar-refractivity contribution in [3.8, 4) is 0 Å². The van der Waals surface area contributed by atoms with Gasteiger partial charge in [0, 0.05) is 35.3 Å². The normalized spacial score (nSPS) is 18.4. The zero-order valence-electron chi connectivity index (χ0n) is 16.5. The molecule has 0 saturated carbocycles. The summed E-state index contributed by atoms with van der Waals surface area (Å²) in [5, 5.41) is 12.4. The minimum Gasteiger partial charge on any atom is -0.385 e. The highest BCUT2D eigenvalue weighted by Gasteiger charge is 2.54. The summed E-state index contributed by atoms with van der Waals surface area (Å²) >= 11 is 7.57. The van der Waals surface area contributed by atoms with Gasteiger partial charge in [-0.25, -0.2) is 17.2 Å². The molecule has 2 atom stereocenters. The molecule has 2 heterocycles. The summed E-state index contributed by atoms with van der Waals surface area (Å²) in [4.78, 5) is 2.97. The number of hydrogen-bond acceptors (Lipinski definition) is 5. The zero-order valence-corrected chi connectivity index (χ0v) is 18.9.